The first-order valence-electron chi connectivity index (χ1n) is 10.4. The molecule has 35 heavy (non-hydrogen) atoms. The molecular formula is C21H19F6N3O4S. The van der Waals surface area contributed by atoms with E-state index in [1.165, 1.54) is 4.90 Å². The molecule has 1 aromatic carbocycles. The van der Waals surface area contributed by atoms with Gasteiger partial charge in [0, 0.05) is 31.6 Å². The summed E-state index contributed by atoms with van der Waals surface area (Å²) in [6.07, 6.45) is -9.34. The highest BCUT2D eigenvalue weighted by Crippen LogP contribution is 2.34. The Hall–Kier alpha value is -2.87. The molecule has 3 atom stereocenters. The lowest BCUT2D eigenvalue weighted by atomic mass is 10.2. The third-order valence-corrected chi connectivity index (χ3v) is 7.93. The minimum Gasteiger partial charge on any atom is -0.472 e. The number of pyridine rings is 1. The van der Waals surface area contributed by atoms with E-state index in [2.05, 4.69) is 10.3 Å². The third kappa shape index (κ3) is 5.22. The van der Waals surface area contributed by atoms with Crippen molar-refractivity contribution in [3.63, 3.8) is 0 Å². The van der Waals surface area contributed by atoms with Crippen molar-refractivity contribution in [1.29, 1.82) is 0 Å². The molecule has 0 bridgehead atoms. The smallest absolute Gasteiger partial charge is 0.417 e. The number of benzene rings is 1. The topological polar surface area (TPSA) is 88.6 Å². The molecule has 190 valence electrons. The highest BCUT2D eigenvalue weighted by molar-refractivity contribution is 7.92. The number of sulfone groups is 1. The number of carbonyl (C=O) groups excluding carboxylic acids is 1. The average molecular weight is 523 g/mol. The molecule has 4 rings (SSSR count). The quantitative estimate of drug-likeness (QED) is 0.620. The lowest BCUT2D eigenvalue weighted by molar-refractivity contribution is -0.138. The Labute approximate surface area is 196 Å². The number of hydrogen-bond acceptors (Lipinski definition) is 6. The summed E-state index contributed by atoms with van der Waals surface area (Å²) in [7, 11) is -4.21. The predicted molar refractivity (Wildman–Crippen MR) is 109 cm³/mol. The van der Waals surface area contributed by atoms with E-state index in [-0.39, 0.29) is 42.6 Å². The largest absolute Gasteiger partial charge is 0.472 e. The van der Waals surface area contributed by atoms with Crippen LogP contribution < -0.4 is 10.1 Å². The van der Waals surface area contributed by atoms with Crippen LogP contribution in [0.2, 0.25) is 0 Å². The Balaban J connectivity index is 1.55. The predicted octanol–water partition coefficient (Wildman–Crippen LogP) is 3.26. The van der Waals surface area contributed by atoms with Crippen LogP contribution in [0, 0.1) is 0 Å². The molecule has 3 heterocycles. The fourth-order valence-electron chi connectivity index (χ4n) is 4.17. The molecule has 0 aliphatic carbocycles. The molecule has 0 radical (unpaired) electrons. The summed E-state index contributed by atoms with van der Waals surface area (Å²) in [5, 5.41) is 1.49. The Morgan fingerprint density at radius 2 is 1.60 bits per heavy atom. The zero-order chi connectivity index (χ0) is 25.6. The summed E-state index contributed by atoms with van der Waals surface area (Å²) in [5.74, 6) is -0.470. The summed E-state index contributed by atoms with van der Waals surface area (Å²) in [6, 6.07) is 3.99. The van der Waals surface area contributed by atoms with Gasteiger partial charge in [0.25, 0.3) is 0 Å². The second-order valence-electron chi connectivity index (χ2n) is 8.16. The zero-order valence-corrected chi connectivity index (χ0v) is 18.6. The van der Waals surface area contributed by atoms with Crippen molar-refractivity contribution >= 4 is 15.7 Å². The fourth-order valence-corrected chi connectivity index (χ4v) is 5.99. The normalized spacial score (nSPS) is 23.7. The average Bonchev–Trinajstić information content (AvgIpc) is 3.12. The van der Waals surface area contributed by atoms with Gasteiger partial charge in [0.15, 0.2) is 9.84 Å². The summed E-state index contributed by atoms with van der Waals surface area (Å²) in [5.41, 5.74) is -1.97. The van der Waals surface area contributed by atoms with Gasteiger partial charge in [0.05, 0.1) is 28.6 Å². The van der Waals surface area contributed by atoms with Crippen LogP contribution in [0.5, 0.6) is 5.88 Å². The van der Waals surface area contributed by atoms with Gasteiger partial charge in [-0.25, -0.2) is 13.4 Å². The first-order valence-corrected chi connectivity index (χ1v) is 12.0. The van der Waals surface area contributed by atoms with Crippen molar-refractivity contribution < 1.29 is 44.3 Å². The van der Waals surface area contributed by atoms with Crippen molar-refractivity contribution in [3.8, 4) is 5.88 Å². The van der Waals surface area contributed by atoms with Crippen LogP contribution in [0.1, 0.15) is 24.0 Å². The maximum absolute atomic E-state index is 13.3. The number of fused-ring (bicyclic) bond motifs is 1. The number of nitrogens with one attached hydrogen (secondary N) is 1. The Bertz CT molecular complexity index is 1180. The van der Waals surface area contributed by atoms with Gasteiger partial charge in [0.1, 0.15) is 11.5 Å². The maximum Gasteiger partial charge on any atom is 0.417 e. The van der Waals surface area contributed by atoms with Crippen LogP contribution in [0.25, 0.3) is 0 Å². The highest BCUT2D eigenvalue weighted by atomic mass is 32.2. The molecule has 2 saturated heterocycles. The number of nitrogens with zero attached hydrogens (tertiary/aromatic N) is 2. The van der Waals surface area contributed by atoms with Gasteiger partial charge >= 0.3 is 12.4 Å². The van der Waals surface area contributed by atoms with Crippen LogP contribution in [0.15, 0.2) is 47.5 Å². The molecule has 1 aromatic heterocycles. The van der Waals surface area contributed by atoms with E-state index in [1.54, 1.807) is 0 Å². The van der Waals surface area contributed by atoms with Crippen LogP contribution in [0.4, 0.5) is 26.3 Å². The van der Waals surface area contributed by atoms with Gasteiger partial charge in [-0.05, 0) is 30.3 Å². The Kier molecular flexibility index (Phi) is 6.47. The maximum atomic E-state index is 13.3. The molecule has 2 aromatic rings. The second-order valence-corrected chi connectivity index (χ2v) is 10.2. The molecule has 2 fully saturated rings. The van der Waals surface area contributed by atoms with Gasteiger partial charge in [-0.1, -0.05) is 0 Å². The minimum absolute atomic E-state index is 0.0131. The molecule has 7 nitrogen and oxygen atoms in total. The van der Waals surface area contributed by atoms with Crippen LogP contribution >= 0.6 is 0 Å². The van der Waals surface area contributed by atoms with Crippen molar-refractivity contribution in [2.75, 3.05) is 13.1 Å². The number of rotatable bonds is 4. The molecule has 2 aliphatic heterocycles. The number of hydrogen-bond donors (Lipinski definition) is 1. The second kappa shape index (κ2) is 8.97. The number of carbonyl (C=O) groups is 1. The number of halogens is 6. The first-order chi connectivity index (χ1) is 16.3. The fraction of sp³-hybridized carbons (Fsp3) is 0.429. The number of aromatic nitrogens is 1. The molecule has 1 amide bonds. The van der Waals surface area contributed by atoms with Gasteiger partial charge in [-0.15, -0.1) is 0 Å². The first kappa shape index (κ1) is 25.2. The summed E-state index contributed by atoms with van der Waals surface area (Å²) >= 11 is 0. The third-order valence-electron chi connectivity index (χ3n) is 5.85. The summed E-state index contributed by atoms with van der Waals surface area (Å²) in [6.45, 7) is 0.0231. The van der Waals surface area contributed by atoms with E-state index in [4.69, 9.17) is 4.74 Å². The minimum atomic E-state index is -4.63. The standard InChI is InChI=1S/C21H19F6N3O4S/c22-20(23,24)12-1-4-15(5-2-12)35(32,33)19-16-9-14(11-30(16)18(31)7-8-28-19)34-17-6-3-13(10-29-17)21(25,26)27/h1-6,10,14,16,19,28H,7-9,11H2/t14-,16+,19?/m1/s1. The lowest BCUT2D eigenvalue weighted by Gasteiger charge is -2.28. The molecule has 14 heteroatoms. The van der Waals surface area contributed by atoms with E-state index in [0.717, 1.165) is 24.3 Å². The SMILES string of the molecule is O=C1CCNC(S(=O)(=O)c2ccc(C(F)(F)F)cc2)[C@@H]2C[C@@H](Oc3ccc(C(F)(F)F)cn3)CN12. The molecule has 0 saturated carbocycles. The van der Waals surface area contributed by atoms with Crippen LogP contribution in [-0.2, 0) is 27.0 Å². The van der Waals surface area contributed by atoms with E-state index < -0.39 is 50.8 Å². The van der Waals surface area contributed by atoms with Crippen molar-refractivity contribution in [2.24, 2.45) is 0 Å². The molecule has 0 spiro atoms. The Morgan fingerprint density at radius 3 is 2.17 bits per heavy atom. The van der Waals surface area contributed by atoms with Gasteiger partial charge in [-0.2, -0.15) is 26.3 Å². The van der Waals surface area contributed by atoms with E-state index in [1.807, 2.05) is 0 Å². The molecule has 2 aliphatic rings. The van der Waals surface area contributed by atoms with Crippen molar-refractivity contribution in [3.05, 3.63) is 53.7 Å². The van der Waals surface area contributed by atoms with Gasteiger partial charge in [0.2, 0.25) is 11.8 Å². The van der Waals surface area contributed by atoms with E-state index in [0.29, 0.717) is 18.3 Å². The van der Waals surface area contributed by atoms with Crippen molar-refractivity contribution in [1.82, 2.24) is 15.2 Å². The molecule has 1 N–H and O–H groups in total. The van der Waals surface area contributed by atoms with Crippen molar-refractivity contribution in [2.45, 2.75) is 47.6 Å². The summed E-state index contributed by atoms with van der Waals surface area (Å²) < 4.78 is 109. The zero-order valence-electron chi connectivity index (χ0n) is 17.8. The highest BCUT2D eigenvalue weighted by Gasteiger charge is 2.47. The van der Waals surface area contributed by atoms with E-state index in [9.17, 15) is 39.6 Å². The monoisotopic (exact) mass is 523 g/mol. The Morgan fingerprint density at radius 1 is 0.971 bits per heavy atom. The number of alkyl halides is 6. The van der Waals surface area contributed by atoms with Gasteiger partial charge < -0.3 is 9.64 Å². The summed E-state index contributed by atoms with van der Waals surface area (Å²) in [4.78, 5) is 17.2. The lowest BCUT2D eigenvalue weighted by Crippen LogP contribution is -2.49. The molecular weight excluding hydrogens is 504 g/mol. The van der Waals surface area contributed by atoms with E-state index >= 15 is 0 Å². The van der Waals surface area contributed by atoms with Crippen LogP contribution in [-0.4, -0.2) is 54.8 Å². The molecule has 1 unspecified atom stereocenters. The number of amides is 1. The number of ether oxygens (including phenoxy) is 1. The van der Waals surface area contributed by atoms with Gasteiger partial charge in [-0.3, -0.25) is 10.1 Å². The van der Waals surface area contributed by atoms with Crippen LogP contribution in [0.3, 0.4) is 0 Å².